The number of halogens is 3. The minimum Gasteiger partial charge on any atom is -0.481 e. The van der Waals surface area contributed by atoms with Gasteiger partial charge < -0.3 is 14.5 Å². The Morgan fingerprint density at radius 3 is 2.68 bits per heavy atom. The molecule has 0 saturated carbocycles. The van der Waals surface area contributed by atoms with Crippen LogP contribution < -0.4 is 15.7 Å². The monoisotopic (exact) mass is 357 g/mol. The van der Waals surface area contributed by atoms with Gasteiger partial charge in [0.1, 0.15) is 17.9 Å². The number of amides is 1. The zero-order valence-corrected chi connectivity index (χ0v) is 13.8. The first-order valence-electron chi connectivity index (χ1n) is 7.77. The second-order valence-corrected chi connectivity index (χ2v) is 5.59. The third-order valence-corrected chi connectivity index (χ3v) is 3.47. The molecule has 0 unspecified atom stereocenters. The fraction of sp³-hybridized carbons (Fsp3) is 0.412. The van der Waals surface area contributed by atoms with Crippen molar-refractivity contribution in [1.29, 1.82) is 0 Å². The standard InChI is InChI=1S/C17H18F3NO4/c1-3-4-11-7-15(22)25-14-8-12(5-6-13(11)14)24-10(2)16(23)21-9-17(18,19)20/h5-8,10H,3-4,9H2,1-2H3,(H,21,23)/t10-/m0/s1. The highest BCUT2D eigenvalue weighted by Crippen LogP contribution is 2.24. The van der Waals surface area contributed by atoms with Gasteiger partial charge >= 0.3 is 11.8 Å². The Hall–Kier alpha value is -2.51. The molecule has 5 nitrogen and oxygen atoms in total. The summed E-state index contributed by atoms with van der Waals surface area (Å²) < 4.78 is 46.9. The lowest BCUT2D eigenvalue weighted by molar-refractivity contribution is -0.142. The predicted octanol–water partition coefficient (Wildman–Crippen LogP) is 3.19. The molecule has 0 aliphatic carbocycles. The van der Waals surface area contributed by atoms with Gasteiger partial charge in [-0.15, -0.1) is 0 Å². The van der Waals surface area contributed by atoms with E-state index >= 15 is 0 Å². The van der Waals surface area contributed by atoms with Crippen LogP contribution in [0.4, 0.5) is 13.2 Å². The molecule has 2 rings (SSSR count). The number of benzene rings is 1. The van der Waals surface area contributed by atoms with Gasteiger partial charge in [0.05, 0.1) is 0 Å². The van der Waals surface area contributed by atoms with Crippen LogP contribution in [0.5, 0.6) is 5.75 Å². The molecule has 0 fully saturated rings. The normalized spacial score (nSPS) is 12.8. The van der Waals surface area contributed by atoms with Crippen LogP contribution in [0.2, 0.25) is 0 Å². The SMILES string of the molecule is CCCc1cc(=O)oc2cc(O[C@@H](C)C(=O)NCC(F)(F)F)ccc12. The van der Waals surface area contributed by atoms with Gasteiger partial charge in [-0.3, -0.25) is 4.79 Å². The Balaban J connectivity index is 2.16. The first-order valence-corrected chi connectivity index (χ1v) is 7.77. The molecule has 0 aliphatic rings. The number of fused-ring (bicyclic) bond motifs is 1. The van der Waals surface area contributed by atoms with Crippen molar-refractivity contribution in [3.8, 4) is 5.75 Å². The zero-order chi connectivity index (χ0) is 18.6. The van der Waals surface area contributed by atoms with Crippen molar-refractivity contribution >= 4 is 16.9 Å². The largest absolute Gasteiger partial charge is 0.481 e. The van der Waals surface area contributed by atoms with Gasteiger partial charge in [-0.2, -0.15) is 13.2 Å². The third-order valence-electron chi connectivity index (χ3n) is 3.47. The molecule has 1 amide bonds. The maximum absolute atomic E-state index is 12.1. The van der Waals surface area contributed by atoms with Crippen LogP contribution in [-0.2, 0) is 11.2 Å². The molecule has 1 heterocycles. The lowest BCUT2D eigenvalue weighted by atomic mass is 10.1. The first kappa shape index (κ1) is 18.8. The van der Waals surface area contributed by atoms with Crippen molar-refractivity contribution in [2.24, 2.45) is 0 Å². The van der Waals surface area contributed by atoms with Gasteiger partial charge in [-0.1, -0.05) is 13.3 Å². The number of alkyl halides is 3. The smallest absolute Gasteiger partial charge is 0.405 e. The molecule has 2 aromatic rings. The number of hydrogen-bond donors (Lipinski definition) is 1. The minimum atomic E-state index is -4.49. The number of ether oxygens (including phenoxy) is 1. The van der Waals surface area contributed by atoms with Gasteiger partial charge in [0, 0.05) is 17.5 Å². The fourth-order valence-electron chi connectivity index (χ4n) is 2.35. The van der Waals surface area contributed by atoms with Crippen molar-refractivity contribution in [3.05, 3.63) is 40.2 Å². The molecule has 1 aromatic carbocycles. The number of carbonyl (C=O) groups excluding carboxylic acids is 1. The van der Waals surface area contributed by atoms with E-state index in [-0.39, 0.29) is 5.75 Å². The molecule has 25 heavy (non-hydrogen) atoms. The van der Waals surface area contributed by atoms with E-state index in [0.29, 0.717) is 12.0 Å². The second-order valence-electron chi connectivity index (χ2n) is 5.59. The van der Waals surface area contributed by atoms with Crippen molar-refractivity contribution in [2.75, 3.05) is 6.54 Å². The number of nitrogens with one attached hydrogen (secondary N) is 1. The highest BCUT2D eigenvalue weighted by molar-refractivity contribution is 5.83. The molecular weight excluding hydrogens is 339 g/mol. The summed E-state index contributed by atoms with van der Waals surface area (Å²) in [5.74, 6) is -0.669. The van der Waals surface area contributed by atoms with Crippen LogP contribution in [-0.4, -0.2) is 24.7 Å². The molecule has 1 N–H and O–H groups in total. The Morgan fingerprint density at radius 2 is 2.04 bits per heavy atom. The predicted molar refractivity (Wildman–Crippen MR) is 85.6 cm³/mol. The number of rotatable bonds is 6. The fourth-order valence-corrected chi connectivity index (χ4v) is 2.35. The van der Waals surface area contributed by atoms with Gasteiger partial charge in [0.2, 0.25) is 0 Å². The van der Waals surface area contributed by atoms with Crippen molar-refractivity contribution in [3.63, 3.8) is 0 Å². The molecule has 0 aliphatic heterocycles. The van der Waals surface area contributed by atoms with E-state index in [4.69, 9.17) is 9.15 Å². The Morgan fingerprint density at radius 1 is 1.32 bits per heavy atom. The quantitative estimate of drug-likeness (QED) is 0.806. The lowest BCUT2D eigenvalue weighted by Gasteiger charge is -2.16. The molecule has 0 spiro atoms. The summed E-state index contributed by atoms with van der Waals surface area (Å²) in [6, 6.07) is 6.15. The molecule has 1 aromatic heterocycles. The van der Waals surface area contributed by atoms with E-state index in [1.807, 2.05) is 6.92 Å². The topological polar surface area (TPSA) is 68.5 Å². The number of hydrogen-bond acceptors (Lipinski definition) is 4. The zero-order valence-electron chi connectivity index (χ0n) is 13.8. The van der Waals surface area contributed by atoms with Crippen LogP contribution in [0.1, 0.15) is 25.8 Å². The maximum Gasteiger partial charge on any atom is 0.405 e. The van der Waals surface area contributed by atoms with Crippen LogP contribution in [0, 0.1) is 0 Å². The van der Waals surface area contributed by atoms with Crippen LogP contribution in [0.3, 0.4) is 0 Å². The molecule has 0 radical (unpaired) electrons. The van der Waals surface area contributed by atoms with E-state index in [2.05, 4.69) is 0 Å². The maximum atomic E-state index is 12.1. The molecule has 1 atom stereocenters. The average Bonchev–Trinajstić information content (AvgIpc) is 2.51. The molecule has 0 saturated heterocycles. The van der Waals surface area contributed by atoms with E-state index in [1.54, 1.807) is 17.4 Å². The molecule has 8 heteroatoms. The van der Waals surface area contributed by atoms with Crippen LogP contribution >= 0.6 is 0 Å². The van der Waals surface area contributed by atoms with Crippen LogP contribution in [0.25, 0.3) is 11.0 Å². The summed E-state index contributed by atoms with van der Waals surface area (Å²) in [6.07, 6.45) is -4.06. The van der Waals surface area contributed by atoms with Gasteiger partial charge in [-0.25, -0.2) is 4.79 Å². The summed E-state index contributed by atoms with van der Waals surface area (Å²) in [7, 11) is 0. The van der Waals surface area contributed by atoms with E-state index in [0.717, 1.165) is 17.4 Å². The van der Waals surface area contributed by atoms with Crippen LogP contribution in [0.15, 0.2) is 33.5 Å². The summed E-state index contributed by atoms with van der Waals surface area (Å²) in [6.45, 7) is 1.89. The van der Waals surface area contributed by atoms with Gasteiger partial charge in [0.15, 0.2) is 6.10 Å². The summed E-state index contributed by atoms with van der Waals surface area (Å²) >= 11 is 0. The summed E-state index contributed by atoms with van der Waals surface area (Å²) in [4.78, 5) is 23.3. The van der Waals surface area contributed by atoms with Crippen molar-refractivity contribution in [2.45, 2.75) is 39.0 Å². The molecule has 136 valence electrons. The number of carbonyl (C=O) groups is 1. The van der Waals surface area contributed by atoms with Gasteiger partial charge in [-0.05, 0) is 31.0 Å². The number of aryl methyl sites for hydroxylation is 1. The first-order chi connectivity index (χ1) is 11.7. The van der Waals surface area contributed by atoms with Gasteiger partial charge in [0.25, 0.3) is 5.91 Å². The Labute approximate surface area is 141 Å². The van der Waals surface area contributed by atoms with Crippen molar-refractivity contribution < 1.29 is 27.1 Å². The Kier molecular flexibility index (Phi) is 5.71. The minimum absolute atomic E-state index is 0.221. The summed E-state index contributed by atoms with van der Waals surface area (Å²) in [5.41, 5.74) is 0.650. The van der Waals surface area contributed by atoms with E-state index in [1.165, 1.54) is 19.1 Å². The average molecular weight is 357 g/mol. The highest BCUT2D eigenvalue weighted by atomic mass is 19.4. The molecule has 0 bridgehead atoms. The summed E-state index contributed by atoms with van der Waals surface area (Å²) in [5, 5.41) is 2.51. The second kappa shape index (κ2) is 7.58. The highest BCUT2D eigenvalue weighted by Gasteiger charge is 2.29. The third kappa shape index (κ3) is 5.23. The van der Waals surface area contributed by atoms with E-state index in [9.17, 15) is 22.8 Å². The lowest BCUT2D eigenvalue weighted by Crippen LogP contribution is -2.41. The van der Waals surface area contributed by atoms with E-state index < -0.39 is 30.4 Å². The molecular formula is C17H18F3NO4. The van der Waals surface area contributed by atoms with Crippen molar-refractivity contribution in [1.82, 2.24) is 5.32 Å². The Bertz CT molecular complexity index is 814.